The molecule has 0 radical (unpaired) electrons. The van der Waals surface area contributed by atoms with Crippen molar-refractivity contribution in [3.8, 4) is 11.3 Å². The maximum Gasteiger partial charge on any atom is 0.419 e. The molecule has 0 aliphatic heterocycles. The van der Waals surface area contributed by atoms with Crippen LogP contribution < -0.4 is 0 Å². The van der Waals surface area contributed by atoms with E-state index in [0.29, 0.717) is 5.82 Å². The molecule has 0 saturated carbocycles. The molecule has 1 aromatic carbocycles. The fourth-order valence-electron chi connectivity index (χ4n) is 1.74. The summed E-state index contributed by atoms with van der Waals surface area (Å²) in [4.78, 5) is 8.18. The van der Waals surface area contributed by atoms with E-state index in [1.54, 1.807) is 0 Å². The minimum Gasteiger partial charge on any atom is -0.233 e. The number of benzene rings is 1. The first-order chi connectivity index (χ1) is 9.68. The van der Waals surface area contributed by atoms with Crippen molar-refractivity contribution >= 4 is 11.6 Å². The van der Waals surface area contributed by atoms with Crippen LogP contribution in [0.4, 0.5) is 17.6 Å². The normalized spacial score (nSPS) is 12.0. The largest absolute Gasteiger partial charge is 0.419 e. The molecular weight excluding hydrogens is 308 g/mol. The maximum absolute atomic E-state index is 13.3. The van der Waals surface area contributed by atoms with Gasteiger partial charge in [-0.2, -0.15) is 13.2 Å². The highest BCUT2D eigenvalue weighted by atomic mass is 35.5. The number of alkyl halides is 3. The molecule has 0 atom stereocenters. The Morgan fingerprint density at radius 3 is 2.33 bits per heavy atom. The second-order valence-corrected chi connectivity index (χ2v) is 5.17. The monoisotopic (exact) mass is 318 g/mol. The van der Waals surface area contributed by atoms with Crippen molar-refractivity contribution in [2.75, 3.05) is 0 Å². The third-order valence-corrected chi connectivity index (χ3v) is 2.99. The summed E-state index contributed by atoms with van der Waals surface area (Å²) in [5.74, 6) is -0.948. The predicted molar refractivity (Wildman–Crippen MR) is 71.5 cm³/mol. The lowest BCUT2D eigenvalue weighted by Crippen LogP contribution is -2.08. The average Bonchev–Trinajstić information content (AvgIpc) is 2.37. The lowest BCUT2D eigenvalue weighted by molar-refractivity contribution is -0.139. The molecule has 0 saturated heterocycles. The van der Waals surface area contributed by atoms with Crippen LogP contribution >= 0.6 is 11.6 Å². The second-order valence-electron chi connectivity index (χ2n) is 4.78. The molecule has 7 heteroatoms. The summed E-state index contributed by atoms with van der Waals surface area (Å²) in [6, 6.07) is 4.06. The summed E-state index contributed by atoms with van der Waals surface area (Å²) < 4.78 is 51.5. The highest BCUT2D eigenvalue weighted by molar-refractivity contribution is 6.29. The van der Waals surface area contributed by atoms with Gasteiger partial charge in [-0.1, -0.05) is 25.4 Å². The van der Waals surface area contributed by atoms with Gasteiger partial charge in [0.1, 0.15) is 16.8 Å². The summed E-state index contributed by atoms with van der Waals surface area (Å²) in [6.45, 7) is 3.67. The Bertz CT molecular complexity index is 669. The predicted octanol–water partition coefficient (Wildman–Crippen LogP) is 5.08. The van der Waals surface area contributed by atoms with Crippen LogP contribution in [0.5, 0.6) is 0 Å². The molecule has 0 bridgehead atoms. The minimum absolute atomic E-state index is 0.0371. The first-order valence-corrected chi connectivity index (χ1v) is 6.48. The van der Waals surface area contributed by atoms with E-state index in [9.17, 15) is 17.6 Å². The van der Waals surface area contributed by atoms with E-state index in [0.717, 1.165) is 12.1 Å². The van der Waals surface area contributed by atoms with Crippen molar-refractivity contribution < 1.29 is 17.6 Å². The maximum atomic E-state index is 13.3. The van der Waals surface area contributed by atoms with Crippen LogP contribution in [0.15, 0.2) is 24.3 Å². The molecule has 0 spiro atoms. The zero-order chi connectivity index (χ0) is 15.8. The zero-order valence-electron chi connectivity index (χ0n) is 11.2. The van der Waals surface area contributed by atoms with Crippen LogP contribution in [-0.2, 0) is 6.18 Å². The summed E-state index contributed by atoms with van der Waals surface area (Å²) in [5.41, 5.74) is -0.972. The van der Waals surface area contributed by atoms with Crippen LogP contribution in [0.2, 0.25) is 5.15 Å². The Labute approximate surface area is 123 Å². The van der Waals surface area contributed by atoms with Gasteiger partial charge in [0.25, 0.3) is 0 Å². The molecule has 0 amide bonds. The van der Waals surface area contributed by atoms with E-state index in [2.05, 4.69) is 9.97 Å². The van der Waals surface area contributed by atoms with Gasteiger partial charge < -0.3 is 0 Å². The molecule has 112 valence electrons. The number of aromatic nitrogens is 2. The van der Waals surface area contributed by atoms with Crippen LogP contribution in [0.25, 0.3) is 11.3 Å². The van der Waals surface area contributed by atoms with E-state index < -0.39 is 17.6 Å². The SMILES string of the molecule is CC(C)c1nc(Cl)cc(-c2ccc(F)c(C(F)(F)F)c2)n1. The van der Waals surface area contributed by atoms with E-state index >= 15 is 0 Å². The zero-order valence-corrected chi connectivity index (χ0v) is 11.9. The van der Waals surface area contributed by atoms with Crippen LogP contribution in [0.3, 0.4) is 0 Å². The molecule has 0 N–H and O–H groups in total. The topological polar surface area (TPSA) is 25.8 Å². The Morgan fingerprint density at radius 1 is 1.10 bits per heavy atom. The Kier molecular flexibility index (Phi) is 4.18. The Morgan fingerprint density at radius 2 is 1.76 bits per heavy atom. The highest BCUT2D eigenvalue weighted by Crippen LogP contribution is 2.34. The van der Waals surface area contributed by atoms with Crippen molar-refractivity contribution in [1.29, 1.82) is 0 Å². The molecule has 0 unspecified atom stereocenters. The smallest absolute Gasteiger partial charge is 0.233 e. The summed E-state index contributed by atoms with van der Waals surface area (Å²) in [5, 5.41) is 0.126. The van der Waals surface area contributed by atoms with Crippen LogP contribution in [-0.4, -0.2) is 9.97 Å². The molecule has 1 heterocycles. The van der Waals surface area contributed by atoms with Gasteiger partial charge in [-0.15, -0.1) is 0 Å². The van der Waals surface area contributed by atoms with E-state index in [-0.39, 0.29) is 22.3 Å². The van der Waals surface area contributed by atoms with Gasteiger partial charge in [0.15, 0.2) is 0 Å². The first-order valence-electron chi connectivity index (χ1n) is 6.10. The van der Waals surface area contributed by atoms with E-state index in [1.165, 1.54) is 12.1 Å². The summed E-state index contributed by atoms with van der Waals surface area (Å²) in [6.07, 6.45) is -4.77. The lowest BCUT2D eigenvalue weighted by atomic mass is 10.1. The van der Waals surface area contributed by atoms with Crippen molar-refractivity contribution in [3.05, 3.63) is 46.6 Å². The van der Waals surface area contributed by atoms with E-state index in [4.69, 9.17) is 11.6 Å². The van der Waals surface area contributed by atoms with Crippen LogP contribution in [0, 0.1) is 5.82 Å². The van der Waals surface area contributed by atoms with Gasteiger partial charge in [-0.05, 0) is 18.2 Å². The summed E-state index contributed by atoms with van der Waals surface area (Å²) >= 11 is 5.86. The number of nitrogens with zero attached hydrogens (tertiary/aromatic N) is 2. The standard InChI is InChI=1S/C14H11ClF4N2/c1-7(2)13-20-11(6-12(15)21-13)8-3-4-10(16)9(5-8)14(17,18)19/h3-7H,1-2H3. The molecule has 2 rings (SSSR count). The van der Waals surface area contributed by atoms with Gasteiger partial charge in [-0.25, -0.2) is 14.4 Å². The fraction of sp³-hybridized carbons (Fsp3) is 0.286. The fourth-order valence-corrected chi connectivity index (χ4v) is 1.93. The van der Waals surface area contributed by atoms with Gasteiger partial charge in [0.05, 0.1) is 11.3 Å². The van der Waals surface area contributed by atoms with Gasteiger partial charge in [-0.3, -0.25) is 0 Å². The third kappa shape index (κ3) is 3.50. The molecule has 0 aliphatic carbocycles. The van der Waals surface area contributed by atoms with Crippen LogP contribution in [0.1, 0.15) is 31.2 Å². The molecule has 21 heavy (non-hydrogen) atoms. The van der Waals surface area contributed by atoms with Crippen molar-refractivity contribution in [3.63, 3.8) is 0 Å². The number of hydrogen-bond donors (Lipinski definition) is 0. The van der Waals surface area contributed by atoms with Crippen molar-refractivity contribution in [2.45, 2.75) is 25.9 Å². The third-order valence-electron chi connectivity index (χ3n) is 2.80. The molecule has 1 aromatic heterocycles. The Hall–Kier alpha value is -1.69. The second kappa shape index (κ2) is 5.60. The Balaban J connectivity index is 2.57. The minimum atomic E-state index is -4.77. The molecule has 0 fully saturated rings. The molecule has 2 nitrogen and oxygen atoms in total. The number of rotatable bonds is 2. The average molecular weight is 319 g/mol. The molecule has 0 aliphatic rings. The highest BCUT2D eigenvalue weighted by Gasteiger charge is 2.34. The summed E-state index contributed by atoms with van der Waals surface area (Å²) in [7, 11) is 0. The number of halogens is 5. The van der Waals surface area contributed by atoms with E-state index in [1.807, 2.05) is 13.8 Å². The van der Waals surface area contributed by atoms with Gasteiger partial charge in [0.2, 0.25) is 0 Å². The quantitative estimate of drug-likeness (QED) is 0.570. The number of hydrogen-bond acceptors (Lipinski definition) is 2. The van der Waals surface area contributed by atoms with Crippen molar-refractivity contribution in [1.82, 2.24) is 9.97 Å². The van der Waals surface area contributed by atoms with Gasteiger partial charge in [0, 0.05) is 17.5 Å². The van der Waals surface area contributed by atoms with Crippen molar-refractivity contribution in [2.24, 2.45) is 0 Å². The van der Waals surface area contributed by atoms with Gasteiger partial charge >= 0.3 is 6.18 Å². The molecule has 2 aromatic rings. The molecular formula is C14H11ClF4N2. The lowest BCUT2D eigenvalue weighted by Gasteiger charge is -2.11. The first kappa shape index (κ1) is 15.7.